The molecule has 0 fully saturated rings. The van der Waals surface area contributed by atoms with E-state index in [4.69, 9.17) is 11.0 Å². The summed E-state index contributed by atoms with van der Waals surface area (Å²) < 4.78 is 26.6. The molecule has 0 saturated heterocycles. The molecule has 1 aromatic heterocycles. The predicted molar refractivity (Wildman–Crippen MR) is 73.8 cm³/mol. The van der Waals surface area contributed by atoms with Crippen molar-refractivity contribution in [3.63, 3.8) is 0 Å². The molecule has 0 aliphatic heterocycles. The lowest BCUT2D eigenvalue weighted by atomic mass is 10.1. The highest BCUT2D eigenvalue weighted by Gasteiger charge is 2.16. The number of rotatable bonds is 4. The van der Waals surface area contributed by atoms with Crippen LogP contribution < -0.4 is 10.5 Å². The van der Waals surface area contributed by atoms with E-state index < -0.39 is 10.0 Å². The summed E-state index contributed by atoms with van der Waals surface area (Å²) in [6.45, 7) is 0.113. The molecule has 3 N–H and O–H groups in total. The van der Waals surface area contributed by atoms with Crippen LogP contribution in [0.25, 0.3) is 0 Å². The Bertz CT molecular complexity index is 749. The number of nitrogens with one attached hydrogen (secondary N) is 1. The molecule has 0 bridgehead atoms. The van der Waals surface area contributed by atoms with Crippen LogP contribution in [0, 0.1) is 11.3 Å². The molecule has 0 saturated carbocycles. The second-order valence-corrected chi connectivity index (χ2v) is 5.78. The molecule has 0 spiro atoms. The highest BCUT2D eigenvalue weighted by molar-refractivity contribution is 7.89. The second kappa shape index (κ2) is 5.69. The van der Waals surface area contributed by atoms with E-state index in [9.17, 15) is 8.42 Å². The largest absolute Gasteiger partial charge is 0.398 e. The Morgan fingerprint density at radius 2 is 1.95 bits per heavy atom. The fourth-order valence-corrected chi connectivity index (χ4v) is 2.66. The van der Waals surface area contributed by atoms with Gasteiger partial charge in [-0.1, -0.05) is 12.1 Å². The number of anilines is 1. The summed E-state index contributed by atoms with van der Waals surface area (Å²) in [5.74, 6) is 0. The lowest BCUT2D eigenvalue weighted by molar-refractivity contribution is 0.581. The summed E-state index contributed by atoms with van der Waals surface area (Å²) in [6.07, 6.45) is 2.63. The van der Waals surface area contributed by atoms with Gasteiger partial charge in [-0.3, -0.25) is 4.98 Å². The second-order valence-electron chi connectivity index (χ2n) is 4.05. The molecule has 0 amide bonds. The van der Waals surface area contributed by atoms with Crippen LogP contribution in [0.5, 0.6) is 0 Å². The van der Waals surface area contributed by atoms with Gasteiger partial charge >= 0.3 is 0 Å². The van der Waals surface area contributed by atoms with Gasteiger partial charge < -0.3 is 5.73 Å². The normalized spacial score (nSPS) is 10.9. The Hall–Kier alpha value is -2.43. The minimum atomic E-state index is -3.71. The number of sulfonamides is 1. The highest BCUT2D eigenvalue weighted by Crippen LogP contribution is 2.15. The maximum Gasteiger partial charge on any atom is 0.244 e. The topological polar surface area (TPSA) is 109 Å². The van der Waals surface area contributed by atoms with Crippen LogP contribution in [0.2, 0.25) is 0 Å². The zero-order valence-corrected chi connectivity index (χ0v) is 11.3. The Kier molecular flexibility index (Phi) is 3.98. The molecule has 0 aliphatic rings. The molecule has 0 atom stereocenters. The average Bonchev–Trinajstić information content (AvgIpc) is 2.46. The maximum atomic E-state index is 12.1. The number of nitrogens with two attached hydrogens (primary N) is 1. The van der Waals surface area contributed by atoms with E-state index in [1.54, 1.807) is 24.3 Å². The number of hydrogen-bond acceptors (Lipinski definition) is 5. The van der Waals surface area contributed by atoms with E-state index >= 15 is 0 Å². The van der Waals surface area contributed by atoms with Gasteiger partial charge in [-0.15, -0.1) is 0 Å². The van der Waals surface area contributed by atoms with Crippen molar-refractivity contribution in [3.05, 3.63) is 53.9 Å². The van der Waals surface area contributed by atoms with E-state index in [0.29, 0.717) is 5.56 Å². The number of aromatic nitrogens is 1. The monoisotopic (exact) mass is 288 g/mol. The molecule has 0 aliphatic carbocycles. The summed E-state index contributed by atoms with van der Waals surface area (Å²) in [4.78, 5) is 3.71. The van der Waals surface area contributed by atoms with E-state index in [-0.39, 0.29) is 17.1 Å². The molecule has 7 heteroatoms. The van der Waals surface area contributed by atoms with Crippen LogP contribution in [0.3, 0.4) is 0 Å². The van der Waals surface area contributed by atoms with Gasteiger partial charge in [0, 0.05) is 18.9 Å². The number of nitrogens with zero attached hydrogens (tertiary/aromatic N) is 2. The van der Waals surface area contributed by atoms with Crippen LogP contribution in [0.4, 0.5) is 5.69 Å². The van der Waals surface area contributed by atoms with Crippen molar-refractivity contribution < 1.29 is 8.42 Å². The summed E-state index contributed by atoms with van der Waals surface area (Å²) in [5.41, 5.74) is 7.03. The lowest BCUT2D eigenvalue weighted by Gasteiger charge is -2.08. The number of benzene rings is 1. The first-order valence-electron chi connectivity index (χ1n) is 5.71. The third-order valence-electron chi connectivity index (χ3n) is 2.66. The Morgan fingerprint density at radius 1 is 1.25 bits per heavy atom. The number of nitrogen functional groups attached to an aromatic ring is 1. The van der Waals surface area contributed by atoms with Crippen molar-refractivity contribution in [1.29, 1.82) is 5.26 Å². The van der Waals surface area contributed by atoms with Crippen molar-refractivity contribution in [2.75, 3.05) is 5.73 Å². The molecule has 0 unspecified atom stereocenters. The first-order valence-corrected chi connectivity index (χ1v) is 7.19. The number of pyridine rings is 1. The fraction of sp³-hybridized carbons (Fsp3) is 0.0769. The summed E-state index contributed by atoms with van der Waals surface area (Å²) >= 11 is 0. The number of nitriles is 1. The van der Waals surface area contributed by atoms with E-state index in [1.165, 1.54) is 18.5 Å². The minimum Gasteiger partial charge on any atom is -0.398 e. The molecule has 1 aromatic carbocycles. The van der Waals surface area contributed by atoms with Gasteiger partial charge in [-0.2, -0.15) is 5.26 Å². The molecule has 2 aromatic rings. The quantitative estimate of drug-likeness (QED) is 0.872. The highest BCUT2D eigenvalue weighted by atomic mass is 32.2. The fourth-order valence-electron chi connectivity index (χ4n) is 1.57. The molecule has 2 rings (SSSR count). The smallest absolute Gasteiger partial charge is 0.244 e. The average molecular weight is 288 g/mol. The van der Waals surface area contributed by atoms with Gasteiger partial charge in [0.25, 0.3) is 0 Å². The number of hydrogen-bond donors (Lipinski definition) is 2. The van der Waals surface area contributed by atoms with Gasteiger partial charge in [0.1, 0.15) is 4.90 Å². The molecule has 20 heavy (non-hydrogen) atoms. The lowest BCUT2D eigenvalue weighted by Crippen LogP contribution is -2.24. The van der Waals surface area contributed by atoms with Crippen molar-refractivity contribution in [3.8, 4) is 6.07 Å². The molecule has 0 radical (unpaired) electrons. The van der Waals surface area contributed by atoms with Crippen LogP contribution in [0.15, 0.2) is 47.6 Å². The first-order chi connectivity index (χ1) is 9.53. The van der Waals surface area contributed by atoms with E-state index in [2.05, 4.69) is 9.71 Å². The minimum absolute atomic E-state index is 0.0476. The van der Waals surface area contributed by atoms with Crippen LogP contribution in [-0.2, 0) is 16.6 Å². The standard InChI is InChI=1S/C13H12N4O2S/c14-7-10-1-3-11(4-2-10)8-17-20(18,19)13-9-16-6-5-12(13)15/h1-6,9,17H,8H2,(H2,15,16). The van der Waals surface area contributed by atoms with Crippen molar-refractivity contribution in [2.45, 2.75) is 11.4 Å². The molecular formula is C13H12N4O2S. The van der Waals surface area contributed by atoms with Crippen LogP contribution >= 0.6 is 0 Å². The Morgan fingerprint density at radius 3 is 2.55 bits per heavy atom. The van der Waals surface area contributed by atoms with E-state index in [0.717, 1.165) is 5.56 Å². The molecule has 6 nitrogen and oxygen atoms in total. The summed E-state index contributed by atoms with van der Waals surface area (Å²) in [6, 6.07) is 10.1. The van der Waals surface area contributed by atoms with Crippen molar-refractivity contribution >= 4 is 15.7 Å². The van der Waals surface area contributed by atoms with Gasteiger partial charge in [-0.25, -0.2) is 13.1 Å². The van der Waals surface area contributed by atoms with Crippen LogP contribution in [0.1, 0.15) is 11.1 Å². The van der Waals surface area contributed by atoms with Gasteiger partial charge in [0.2, 0.25) is 10.0 Å². The van der Waals surface area contributed by atoms with Gasteiger partial charge in [0.15, 0.2) is 0 Å². The van der Waals surface area contributed by atoms with Crippen molar-refractivity contribution in [2.24, 2.45) is 0 Å². The zero-order valence-electron chi connectivity index (χ0n) is 10.4. The predicted octanol–water partition coefficient (Wildman–Crippen LogP) is 1.01. The molecule has 1 heterocycles. The summed E-state index contributed by atoms with van der Waals surface area (Å²) in [7, 11) is -3.71. The van der Waals surface area contributed by atoms with Crippen LogP contribution in [-0.4, -0.2) is 13.4 Å². The third kappa shape index (κ3) is 3.12. The SMILES string of the molecule is N#Cc1ccc(CNS(=O)(=O)c2cnccc2N)cc1. The third-order valence-corrected chi connectivity index (χ3v) is 4.10. The maximum absolute atomic E-state index is 12.1. The Balaban J connectivity index is 2.13. The van der Waals surface area contributed by atoms with E-state index in [1.807, 2.05) is 6.07 Å². The van der Waals surface area contributed by atoms with Crippen molar-refractivity contribution in [1.82, 2.24) is 9.71 Å². The molecular weight excluding hydrogens is 276 g/mol. The Labute approximate surface area is 116 Å². The molecule has 102 valence electrons. The van der Waals surface area contributed by atoms with Gasteiger partial charge in [-0.05, 0) is 23.8 Å². The zero-order chi connectivity index (χ0) is 14.6. The van der Waals surface area contributed by atoms with Gasteiger partial charge in [0.05, 0.1) is 17.3 Å². The summed E-state index contributed by atoms with van der Waals surface area (Å²) in [5, 5.41) is 8.68. The first kappa shape index (κ1) is 14.0.